The maximum absolute atomic E-state index is 16.3. The molecule has 20 atom stereocenters. The van der Waals surface area contributed by atoms with Gasteiger partial charge >= 0.3 is 47.8 Å². The Morgan fingerprint density at radius 2 is 0.517 bits per heavy atom. The maximum atomic E-state index is 16.3. The molecule has 0 bridgehead atoms. The summed E-state index contributed by atoms with van der Waals surface area (Å²) in [6.45, 7) is 7.52. The van der Waals surface area contributed by atoms with Gasteiger partial charge in [-0.05, 0) is 93.8 Å². The third kappa shape index (κ3) is 19.9. The molecule has 4 saturated heterocycles. The van der Waals surface area contributed by atoms with Crippen LogP contribution in [-0.2, 0) is 116 Å². The molecule has 8 heterocycles. The molecule has 8 aliphatic heterocycles. The lowest BCUT2D eigenvalue weighted by Gasteiger charge is -2.54. The zero-order chi connectivity index (χ0) is 101. The van der Waals surface area contributed by atoms with E-state index in [9.17, 15) is 28.8 Å². The summed E-state index contributed by atoms with van der Waals surface area (Å²) < 4.78 is 115. The number of nitrogens with zero attached hydrogens (tertiary/aromatic N) is 4. The van der Waals surface area contributed by atoms with Crippen LogP contribution >= 0.6 is 0 Å². The molecule has 0 aliphatic carbocycles. The van der Waals surface area contributed by atoms with Gasteiger partial charge in [0.1, 0.15) is 86.7 Å². The second-order valence-electron chi connectivity index (χ2n) is 35.9. The molecular formula is C105H98N4O33Si. The Balaban J connectivity index is 0.875. The molecule has 143 heavy (non-hydrogen) atoms. The highest BCUT2D eigenvalue weighted by Crippen LogP contribution is 2.47. The molecule has 0 spiro atoms. The Morgan fingerprint density at radius 3 is 0.804 bits per heavy atom. The van der Waals surface area contributed by atoms with E-state index in [1.807, 2.05) is 81.4 Å². The zero-order valence-corrected chi connectivity index (χ0v) is 79.5. The molecule has 8 amide bonds. The molecule has 0 saturated carbocycles. The van der Waals surface area contributed by atoms with E-state index in [2.05, 4.69) is 0 Å². The predicted octanol–water partition coefficient (Wildman–Crippen LogP) is 8.43. The van der Waals surface area contributed by atoms with Crippen LogP contribution < -0.4 is 10.4 Å². The maximum Gasteiger partial charge on any atom is 0.338 e. The van der Waals surface area contributed by atoms with Gasteiger partial charge in [0.05, 0.1) is 68.8 Å². The van der Waals surface area contributed by atoms with Gasteiger partial charge in [0.15, 0.2) is 55.7 Å². The summed E-state index contributed by atoms with van der Waals surface area (Å²) >= 11 is 0. The summed E-state index contributed by atoms with van der Waals surface area (Å²) in [7, 11) is -3.88. The van der Waals surface area contributed by atoms with Crippen molar-refractivity contribution in [2.24, 2.45) is 0 Å². The van der Waals surface area contributed by atoms with Crippen LogP contribution in [0.15, 0.2) is 249 Å². The van der Waals surface area contributed by atoms with E-state index in [4.69, 9.17) is 80.2 Å². The fraction of sp³-hybridized carbons (Fsp3) is 0.333. The number of rotatable bonds is 31. The number of hydrogen-bond acceptors (Lipinski definition) is 33. The van der Waals surface area contributed by atoms with Gasteiger partial charge in [0.25, 0.3) is 55.6 Å². The summed E-state index contributed by atoms with van der Waals surface area (Å²) in [6, 6.07) is 55.1. The molecule has 0 radical (unpaired) electrons. The smallest absolute Gasteiger partial charge is 0.338 e. The van der Waals surface area contributed by atoms with Gasteiger partial charge in [-0.2, -0.15) is 0 Å². The fourth-order valence-electron chi connectivity index (χ4n) is 19.7. The zero-order valence-electron chi connectivity index (χ0n) is 78.5. The number of esters is 8. The molecule has 9 aromatic carbocycles. The molecule has 37 nitrogen and oxygen atoms in total. The second-order valence-corrected chi connectivity index (χ2v) is 40.2. The molecule has 38 heteroatoms. The second kappa shape index (κ2) is 42.1. The Bertz CT molecular complexity index is 6250. The lowest BCUT2D eigenvalue weighted by Crippen LogP contribution is -2.73. The van der Waals surface area contributed by atoms with Crippen molar-refractivity contribution in [2.75, 3.05) is 26.4 Å². The largest absolute Gasteiger partial charge is 0.463 e. The van der Waals surface area contributed by atoms with Gasteiger partial charge in [-0.25, -0.2) is 9.59 Å². The summed E-state index contributed by atoms with van der Waals surface area (Å²) in [4.78, 5) is 244. The highest BCUT2D eigenvalue weighted by Gasteiger charge is 2.67. The quantitative estimate of drug-likeness (QED) is 0.0170. The number of ether oxygens (including phenoxy) is 16. The van der Waals surface area contributed by atoms with Crippen LogP contribution in [0.1, 0.15) is 171 Å². The number of benzene rings is 9. The summed E-state index contributed by atoms with van der Waals surface area (Å²) in [6.07, 6.45) is -35.3. The van der Waals surface area contributed by atoms with Gasteiger partial charge in [-0.15, -0.1) is 0 Å². The molecule has 8 aliphatic rings. The molecular weight excluding hydrogens is 1870 g/mol. The van der Waals surface area contributed by atoms with Crippen molar-refractivity contribution in [2.45, 2.75) is 197 Å². The third-order valence-corrected chi connectivity index (χ3v) is 30.7. The Hall–Kier alpha value is -14.8. The van der Waals surface area contributed by atoms with Crippen molar-refractivity contribution in [3.05, 3.63) is 310 Å². The minimum Gasteiger partial charge on any atom is -0.463 e. The van der Waals surface area contributed by atoms with Gasteiger partial charge < -0.3 is 80.2 Å². The van der Waals surface area contributed by atoms with Crippen molar-refractivity contribution in [1.82, 2.24) is 19.6 Å². The Labute approximate surface area is 819 Å². The number of amides is 8. The SMILES string of the molecule is CC(=O)OC[C@H]1O[C@@H](O[C@H]2[C@H](OC(C)=O)[C@@H](N3C(=O)c4ccccc4C3=O)[C@H](O[C@H]3[C@H](OC(C)=O)[C@@H](N4C(=O)c5ccccc5C4=O)[C@H](O[C@H]4[C@H](OC(C)=O)[C@@H](N5C(=O)c6ccccc6C5=O)[C@H](OCc5ccccc5)O[C@@H]4CO[Si](c4ccccc4)(c4ccccc4)C(C)(C)C)O[C@@H]3COC(=O)c3ccccc3)O[C@@H]2COC(=O)c2ccccc2)[C@H](N2C(=O)c3ccccc3C2=O)[C@@H](OC(C)=O)[C@@H]1OC(C)=O. The van der Waals surface area contributed by atoms with Crippen LogP contribution in [0.4, 0.5) is 0 Å². The van der Waals surface area contributed by atoms with Crippen LogP contribution in [0.25, 0.3) is 0 Å². The van der Waals surface area contributed by atoms with Crippen LogP contribution in [0, 0.1) is 0 Å². The molecule has 17 rings (SSSR count). The molecule has 740 valence electrons. The van der Waals surface area contributed by atoms with Crippen molar-refractivity contribution >= 4 is 114 Å². The molecule has 0 aromatic heterocycles. The highest BCUT2D eigenvalue weighted by molar-refractivity contribution is 6.99. The van der Waals surface area contributed by atoms with Crippen LogP contribution in [-0.4, -0.2) is 272 Å². The van der Waals surface area contributed by atoms with Gasteiger partial charge in [0.2, 0.25) is 0 Å². The van der Waals surface area contributed by atoms with Crippen LogP contribution in [0.3, 0.4) is 0 Å². The first kappa shape index (κ1) is 99.7. The lowest BCUT2D eigenvalue weighted by atomic mass is 9.91. The van der Waals surface area contributed by atoms with Crippen molar-refractivity contribution in [1.29, 1.82) is 0 Å². The molecule has 4 fully saturated rings. The average Bonchev–Trinajstić information content (AvgIpc) is 1.64. The predicted molar refractivity (Wildman–Crippen MR) is 495 cm³/mol. The third-order valence-electron chi connectivity index (χ3n) is 25.7. The first-order valence-corrected chi connectivity index (χ1v) is 47.9. The van der Waals surface area contributed by atoms with Gasteiger partial charge in [-0.1, -0.05) is 197 Å². The number of fused-ring (bicyclic) bond motifs is 4. The van der Waals surface area contributed by atoms with E-state index >= 15 is 47.9 Å². The highest BCUT2D eigenvalue weighted by atomic mass is 28.4. The van der Waals surface area contributed by atoms with Crippen LogP contribution in [0.5, 0.6) is 0 Å². The van der Waals surface area contributed by atoms with E-state index in [1.165, 1.54) is 146 Å². The van der Waals surface area contributed by atoms with Crippen molar-refractivity contribution in [3.8, 4) is 0 Å². The molecule has 9 aromatic rings. The van der Waals surface area contributed by atoms with Gasteiger partial charge in [0, 0.05) is 41.5 Å². The number of carbonyl (C=O) groups is 16. The summed E-state index contributed by atoms with van der Waals surface area (Å²) in [5, 5.41) is 0.610. The van der Waals surface area contributed by atoms with Crippen molar-refractivity contribution in [3.63, 3.8) is 0 Å². The van der Waals surface area contributed by atoms with Crippen molar-refractivity contribution < 1.29 is 157 Å². The summed E-state index contributed by atoms with van der Waals surface area (Å²) in [5.41, 5.74) is -1.49. The monoisotopic (exact) mass is 1970 g/mol. The molecule has 0 N–H and O–H groups in total. The Morgan fingerprint density at radius 1 is 0.280 bits per heavy atom. The van der Waals surface area contributed by atoms with E-state index < -0.39 is 257 Å². The average molecular weight is 1970 g/mol. The van der Waals surface area contributed by atoms with E-state index in [-0.39, 0.29) is 62.2 Å². The Kier molecular flexibility index (Phi) is 29.4. The molecule has 0 unspecified atom stereocenters. The number of imide groups is 4. The summed E-state index contributed by atoms with van der Waals surface area (Å²) in [5.74, 6) is -17.8. The first-order chi connectivity index (χ1) is 68.7. The minimum absolute atomic E-state index is 0.0972. The lowest BCUT2D eigenvalue weighted by molar-refractivity contribution is -0.371. The minimum atomic E-state index is -3.88. The van der Waals surface area contributed by atoms with Gasteiger partial charge in [-0.3, -0.25) is 86.7 Å². The standard InChI is InChI=1S/C105H98N4O33Si/c1-56(110)126-52-75-83(131-57(2)111)88(133-59(4)113)80(107-93(118)69-45-27-28-46-70(69)94(107)119)102(137-75)140-84-76(53-127-99(124)63-35-17-11-18-36-63)138-103(81(89(84)134-60(5)114)108-95(120)71-47-29-30-48-72(71)96(108)121)141-85-77(54-128-100(125)64-37-19-12-20-38-64)139-104(82(90(85)135-61(6)115)109-97(122)73-49-31-32-50-74(73)98(109)123)142-86-78(55-130-143(105(7,8)9,65-39-21-13-22-40-65)66-41-23-14-24-42-66)136-101(129-51-62-33-15-10-16-34-62)79(87(86)132-58(3)112)106-91(116)67-43-25-26-44-68(67)92(106)117/h10-50,75-90,101-104H,51-55H2,1-9H3/t75-,76-,77-,78-,79-,80-,81-,82-,83-,84-,85-,86-,87-,88-,89-,90-,101-,102+,103+,104+/m1/s1. The fourth-order valence-corrected chi connectivity index (χ4v) is 24.3. The van der Waals surface area contributed by atoms with E-state index in [0.717, 1.165) is 56.8 Å². The van der Waals surface area contributed by atoms with Crippen LogP contribution in [0.2, 0.25) is 5.04 Å². The number of carbonyl (C=O) groups excluding carboxylic acids is 16. The van der Waals surface area contributed by atoms with E-state index in [0.29, 0.717) is 20.3 Å². The normalized spacial score (nSPS) is 26.1. The number of hydrogen-bond donors (Lipinski definition) is 0. The topological polar surface area (TPSA) is 443 Å². The van der Waals surface area contributed by atoms with E-state index in [1.54, 1.807) is 42.5 Å². The first-order valence-electron chi connectivity index (χ1n) is 46.0.